The van der Waals surface area contributed by atoms with Gasteiger partial charge < -0.3 is 9.47 Å². The fourth-order valence-corrected chi connectivity index (χ4v) is 3.15. The van der Waals surface area contributed by atoms with Crippen molar-refractivity contribution < 1.29 is 19.1 Å². The third-order valence-electron chi connectivity index (χ3n) is 5.17. The summed E-state index contributed by atoms with van der Waals surface area (Å²) in [6.07, 6.45) is 6.85. The van der Waals surface area contributed by atoms with Gasteiger partial charge in [0.15, 0.2) is 0 Å². The molecule has 4 nitrogen and oxygen atoms in total. The van der Waals surface area contributed by atoms with E-state index in [0.717, 1.165) is 55.2 Å². The van der Waals surface area contributed by atoms with E-state index in [1.807, 2.05) is 6.92 Å². The number of benzene rings is 1. The molecule has 0 aliphatic carbocycles. The molecule has 0 spiro atoms. The SMILES string of the molecule is CCCCCC(=O)OCc1cc(C(C)(C)C)cc(C)c1COC(=O)CCCCC. The summed E-state index contributed by atoms with van der Waals surface area (Å²) in [6, 6.07) is 4.24. The summed E-state index contributed by atoms with van der Waals surface area (Å²) in [5.41, 5.74) is 4.11. The van der Waals surface area contributed by atoms with E-state index in [1.54, 1.807) is 0 Å². The van der Waals surface area contributed by atoms with Crippen molar-refractivity contribution in [1.29, 1.82) is 0 Å². The molecule has 0 amide bonds. The molecule has 1 aromatic carbocycles. The molecule has 164 valence electrons. The number of rotatable bonds is 12. The Kier molecular flexibility index (Phi) is 11.0. The van der Waals surface area contributed by atoms with Gasteiger partial charge in [-0.2, -0.15) is 0 Å². The Hall–Kier alpha value is -1.84. The van der Waals surface area contributed by atoms with Crippen molar-refractivity contribution in [3.63, 3.8) is 0 Å². The average Bonchev–Trinajstić information content (AvgIpc) is 2.65. The molecule has 0 aromatic heterocycles. The molecule has 0 aliphatic heterocycles. The topological polar surface area (TPSA) is 52.6 Å². The van der Waals surface area contributed by atoms with Crippen LogP contribution in [0.1, 0.15) is 108 Å². The van der Waals surface area contributed by atoms with E-state index in [9.17, 15) is 9.59 Å². The van der Waals surface area contributed by atoms with Crippen LogP contribution in [0.2, 0.25) is 0 Å². The maximum absolute atomic E-state index is 12.1. The highest BCUT2D eigenvalue weighted by Crippen LogP contribution is 2.28. The number of esters is 2. The van der Waals surface area contributed by atoms with Crippen LogP contribution in [0.25, 0.3) is 0 Å². The fourth-order valence-electron chi connectivity index (χ4n) is 3.15. The van der Waals surface area contributed by atoms with Crippen LogP contribution in [0.4, 0.5) is 0 Å². The van der Waals surface area contributed by atoms with Crippen LogP contribution in [0, 0.1) is 6.92 Å². The number of hydrogen-bond donors (Lipinski definition) is 0. The minimum atomic E-state index is -0.167. The molecule has 0 bridgehead atoms. The van der Waals surface area contributed by atoms with Crippen molar-refractivity contribution in [1.82, 2.24) is 0 Å². The van der Waals surface area contributed by atoms with E-state index in [1.165, 1.54) is 5.56 Å². The number of unbranched alkanes of at least 4 members (excludes halogenated alkanes) is 4. The van der Waals surface area contributed by atoms with Gasteiger partial charge in [-0.25, -0.2) is 0 Å². The predicted octanol–water partition coefficient (Wildman–Crippen LogP) is 6.54. The summed E-state index contributed by atoms with van der Waals surface area (Å²) in [6.45, 7) is 13.2. The lowest BCUT2D eigenvalue weighted by atomic mass is 9.83. The Morgan fingerprint density at radius 2 is 1.34 bits per heavy atom. The molecule has 29 heavy (non-hydrogen) atoms. The molecule has 1 aromatic rings. The van der Waals surface area contributed by atoms with Crippen molar-refractivity contribution in [3.05, 3.63) is 34.4 Å². The lowest BCUT2D eigenvalue weighted by Gasteiger charge is -2.23. The summed E-state index contributed by atoms with van der Waals surface area (Å²) >= 11 is 0. The zero-order valence-electron chi connectivity index (χ0n) is 19.4. The molecule has 0 aliphatic rings. The molecule has 0 saturated carbocycles. The molecule has 4 heteroatoms. The zero-order chi connectivity index (χ0) is 21.9. The van der Waals surface area contributed by atoms with Crippen LogP contribution < -0.4 is 0 Å². The summed E-state index contributed by atoms with van der Waals surface area (Å²) in [5.74, 6) is -0.333. The molecular formula is C25H40O4. The van der Waals surface area contributed by atoms with Gasteiger partial charge in [-0.3, -0.25) is 9.59 Å². The first-order chi connectivity index (χ1) is 13.7. The molecule has 0 atom stereocenters. The smallest absolute Gasteiger partial charge is 0.306 e. The third-order valence-corrected chi connectivity index (χ3v) is 5.17. The van der Waals surface area contributed by atoms with Crippen LogP contribution >= 0.6 is 0 Å². The Morgan fingerprint density at radius 1 is 0.828 bits per heavy atom. The first kappa shape index (κ1) is 25.2. The minimum absolute atomic E-state index is 0.0139. The van der Waals surface area contributed by atoms with Gasteiger partial charge in [-0.1, -0.05) is 72.4 Å². The molecule has 1 rings (SSSR count). The van der Waals surface area contributed by atoms with Gasteiger partial charge in [0.1, 0.15) is 13.2 Å². The van der Waals surface area contributed by atoms with E-state index in [-0.39, 0.29) is 30.6 Å². The molecule has 0 unspecified atom stereocenters. The van der Waals surface area contributed by atoms with Gasteiger partial charge in [-0.15, -0.1) is 0 Å². The second-order valence-electron chi connectivity index (χ2n) is 8.92. The minimum Gasteiger partial charge on any atom is -0.461 e. The van der Waals surface area contributed by atoms with Gasteiger partial charge in [0.2, 0.25) is 0 Å². The molecule has 0 fully saturated rings. The van der Waals surface area contributed by atoms with Gasteiger partial charge in [0, 0.05) is 12.8 Å². The summed E-state index contributed by atoms with van der Waals surface area (Å²) in [7, 11) is 0. The predicted molar refractivity (Wildman–Crippen MR) is 118 cm³/mol. The zero-order valence-corrected chi connectivity index (χ0v) is 19.4. The van der Waals surface area contributed by atoms with Crippen molar-refractivity contribution in [2.45, 2.75) is 112 Å². The lowest BCUT2D eigenvalue weighted by molar-refractivity contribution is -0.146. The van der Waals surface area contributed by atoms with Gasteiger partial charge in [0.25, 0.3) is 0 Å². The van der Waals surface area contributed by atoms with E-state index < -0.39 is 0 Å². The molecule has 0 N–H and O–H groups in total. The van der Waals surface area contributed by atoms with E-state index in [2.05, 4.69) is 46.8 Å². The van der Waals surface area contributed by atoms with Crippen LogP contribution in [0.5, 0.6) is 0 Å². The second-order valence-corrected chi connectivity index (χ2v) is 8.92. The van der Waals surface area contributed by atoms with Crippen molar-refractivity contribution >= 4 is 11.9 Å². The summed E-state index contributed by atoms with van der Waals surface area (Å²) < 4.78 is 11.1. The van der Waals surface area contributed by atoms with Crippen LogP contribution in [-0.4, -0.2) is 11.9 Å². The standard InChI is InChI=1S/C25H40O4/c1-7-9-11-13-23(26)28-17-20-16-21(25(4,5)6)15-19(3)22(20)18-29-24(27)14-12-10-8-2/h15-16H,7-14,17-18H2,1-6H3. The van der Waals surface area contributed by atoms with Crippen molar-refractivity contribution in [2.75, 3.05) is 0 Å². The summed E-state index contributed by atoms with van der Waals surface area (Å²) in [4.78, 5) is 24.1. The largest absolute Gasteiger partial charge is 0.461 e. The first-order valence-corrected chi connectivity index (χ1v) is 11.1. The van der Waals surface area contributed by atoms with Gasteiger partial charge in [0.05, 0.1) is 0 Å². The summed E-state index contributed by atoms with van der Waals surface area (Å²) in [5, 5.41) is 0. The quantitative estimate of drug-likeness (QED) is 0.293. The molecule has 0 heterocycles. The van der Waals surface area contributed by atoms with Crippen LogP contribution in [0.3, 0.4) is 0 Å². The van der Waals surface area contributed by atoms with E-state index in [4.69, 9.17) is 9.47 Å². The molecular weight excluding hydrogens is 364 g/mol. The number of carbonyl (C=O) groups excluding carboxylic acids is 2. The van der Waals surface area contributed by atoms with Gasteiger partial charge >= 0.3 is 11.9 Å². The Labute approximate surface area is 177 Å². The average molecular weight is 405 g/mol. The lowest BCUT2D eigenvalue weighted by Crippen LogP contribution is -2.15. The Morgan fingerprint density at radius 3 is 1.83 bits per heavy atom. The maximum Gasteiger partial charge on any atom is 0.306 e. The van der Waals surface area contributed by atoms with Crippen LogP contribution in [-0.2, 0) is 37.7 Å². The van der Waals surface area contributed by atoms with E-state index >= 15 is 0 Å². The Bertz CT molecular complexity index is 656. The highest BCUT2D eigenvalue weighted by Gasteiger charge is 2.19. The van der Waals surface area contributed by atoms with Crippen molar-refractivity contribution in [2.24, 2.45) is 0 Å². The van der Waals surface area contributed by atoms with Crippen LogP contribution in [0.15, 0.2) is 12.1 Å². The number of aryl methyl sites for hydroxylation is 1. The number of carbonyl (C=O) groups is 2. The second kappa shape index (κ2) is 12.7. The normalized spacial score (nSPS) is 11.4. The monoisotopic (exact) mass is 404 g/mol. The number of hydrogen-bond acceptors (Lipinski definition) is 4. The number of ether oxygens (including phenoxy) is 2. The fraction of sp³-hybridized carbons (Fsp3) is 0.680. The maximum atomic E-state index is 12.1. The molecule has 0 saturated heterocycles. The third kappa shape index (κ3) is 9.47. The Balaban J connectivity index is 2.89. The highest BCUT2D eigenvalue weighted by atomic mass is 16.5. The van der Waals surface area contributed by atoms with Crippen molar-refractivity contribution in [3.8, 4) is 0 Å². The highest BCUT2D eigenvalue weighted by molar-refractivity contribution is 5.70. The first-order valence-electron chi connectivity index (χ1n) is 11.1. The molecule has 0 radical (unpaired) electrons. The van der Waals surface area contributed by atoms with E-state index in [0.29, 0.717) is 12.8 Å². The van der Waals surface area contributed by atoms with Gasteiger partial charge in [-0.05, 0) is 47.4 Å².